The summed E-state index contributed by atoms with van der Waals surface area (Å²) in [5.41, 5.74) is 3.18. The number of benzene rings is 2. The number of amides is 1. The first-order chi connectivity index (χ1) is 13.1. The molecule has 1 aliphatic rings. The molecule has 4 rings (SSSR count). The number of rotatable bonds is 6. The molecule has 0 saturated heterocycles. The smallest absolute Gasteiger partial charge is 0.238 e. The molecule has 1 unspecified atom stereocenters. The van der Waals surface area contributed by atoms with Crippen LogP contribution in [0.4, 0.5) is 0 Å². The lowest BCUT2D eigenvalue weighted by molar-refractivity contribution is -0.120. The quantitative estimate of drug-likeness (QED) is 0.661. The van der Waals surface area contributed by atoms with Crippen molar-refractivity contribution in [2.75, 3.05) is 0 Å². The molecule has 3 aromatic rings. The number of hydrogen-bond donors (Lipinski definition) is 1. The normalized spacial score (nSPS) is 14.7. The van der Waals surface area contributed by atoms with E-state index in [0.717, 1.165) is 40.5 Å². The Bertz CT molecular complexity index is 950. The predicted molar refractivity (Wildman–Crippen MR) is 107 cm³/mol. The van der Waals surface area contributed by atoms with Crippen molar-refractivity contribution in [3.8, 4) is 11.4 Å². The van der Waals surface area contributed by atoms with E-state index in [0.29, 0.717) is 6.04 Å². The molecule has 1 heterocycles. The summed E-state index contributed by atoms with van der Waals surface area (Å²) in [6, 6.07) is 18.3. The van der Waals surface area contributed by atoms with Gasteiger partial charge in [-0.2, -0.15) is 0 Å². The third-order valence-corrected chi connectivity index (χ3v) is 6.00. The Morgan fingerprint density at radius 2 is 1.81 bits per heavy atom. The summed E-state index contributed by atoms with van der Waals surface area (Å²) in [5.74, 6) is 0.846. The first-order valence-electron chi connectivity index (χ1n) is 9.11. The van der Waals surface area contributed by atoms with Gasteiger partial charge in [0.05, 0.1) is 0 Å². The summed E-state index contributed by atoms with van der Waals surface area (Å²) in [4.78, 5) is 12.9. The maximum atomic E-state index is 12.9. The van der Waals surface area contributed by atoms with Crippen LogP contribution in [-0.2, 0) is 11.8 Å². The van der Waals surface area contributed by atoms with Gasteiger partial charge in [0.2, 0.25) is 5.91 Å². The van der Waals surface area contributed by atoms with Crippen LogP contribution >= 0.6 is 11.8 Å². The molecule has 0 radical (unpaired) electrons. The number of hydrogen-bond acceptors (Lipinski definition) is 4. The monoisotopic (exact) mass is 378 g/mol. The molecule has 6 heteroatoms. The average Bonchev–Trinajstić information content (AvgIpc) is 3.42. The van der Waals surface area contributed by atoms with Crippen molar-refractivity contribution in [2.24, 2.45) is 7.05 Å². The molecule has 1 amide bonds. The second-order valence-corrected chi connectivity index (χ2v) is 7.94. The summed E-state index contributed by atoms with van der Waals surface area (Å²) in [7, 11) is 1.95. The zero-order chi connectivity index (χ0) is 18.8. The highest BCUT2D eigenvalue weighted by molar-refractivity contribution is 8.00. The summed E-state index contributed by atoms with van der Waals surface area (Å²) in [5, 5.41) is 12.3. The highest BCUT2D eigenvalue weighted by atomic mass is 32.2. The minimum Gasteiger partial charge on any atom is -0.352 e. The Kier molecular flexibility index (Phi) is 4.99. The molecule has 138 valence electrons. The third kappa shape index (κ3) is 3.90. The van der Waals surface area contributed by atoms with Crippen LogP contribution in [0.1, 0.15) is 29.2 Å². The van der Waals surface area contributed by atoms with Gasteiger partial charge in [-0.25, -0.2) is 0 Å². The van der Waals surface area contributed by atoms with Crippen LogP contribution in [0.25, 0.3) is 11.4 Å². The van der Waals surface area contributed by atoms with Crippen LogP contribution in [0.5, 0.6) is 0 Å². The maximum Gasteiger partial charge on any atom is 0.238 e. The maximum absolute atomic E-state index is 12.9. The number of thioether (sulfide) groups is 1. The molecule has 1 fully saturated rings. The molecule has 0 spiro atoms. The van der Waals surface area contributed by atoms with E-state index < -0.39 is 0 Å². The van der Waals surface area contributed by atoms with Gasteiger partial charge < -0.3 is 9.88 Å². The second-order valence-electron chi connectivity index (χ2n) is 6.87. The number of aromatic nitrogens is 3. The molecule has 0 bridgehead atoms. The van der Waals surface area contributed by atoms with Gasteiger partial charge in [-0.3, -0.25) is 4.79 Å². The number of aryl methyl sites for hydroxylation is 1. The molecule has 1 saturated carbocycles. The van der Waals surface area contributed by atoms with Crippen LogP contribution in [0.2, 0.25) is 0 Å². The fraction of sp³-hybridized carbons (Fsp3) is 0.286. The molecule has 1 N–H and O–H groups in total. The molecule has 1 aromatic heterocycles. The van der Waals surface area contributed by atoms with Crippen molar-refractivity contribution in [3.05, 3.63) is 65.7 Å². The average molecular weight is 379 g/mol. The van der Waals surface area contributed by atoms with E-state index in [4.69, 9.17) is 0 Å². The Hall–Kier alpha value is -2.60. The van der Waals surface area contributed by atoms with E-state index in [1.54, 1.807) is 0 Å². The van der Waals surface area contributed by atoms with Crippen LogP contribution in [0.15, 0.2) is 59.8 Å². The van der Waals surface area contributed by atoms with Crippen molar-refractivity contribution in [1.29, 1.82) is 0 Å². The van der Waals surface area contributed by atoms with E-state index >= 15 is 0 Å². The zero-order valence-electron chi connectivity index (χ0n) is 15.4. The molecular formula is C21H22N4OS. The fourth-order valence-corrected chi connectivity index (χ4v) is 4.00. The SMILES string of the molecule is Cc1ccccc1-c1nnc(SC(C(=O)NC2CC2)c2ccccc2)n1C. The van der Waals surface area contributed by atoms with E-state index in [2.05, 4.69) is 28.5 Å². The predicted octanol–water partition coefficient (Wildman–Crippen LogP) is 3.90. The highest BCUT2D eigenvalue weighted by Gasteiger charge is 2.30. The van der Waals surface area contributed by atoms with Crippen LogP contribution in [0.3, 0.4) is 0 Å². The Labute approximate surface area is 163 Å². The van der Waals surface area contributed by atoms with Gasteiger partial charge in [-0.15, -0.1) is 10.2 Å². The Balaban J connectivity index is 1.63. The van der Waals surface area contributed by atoms with Gasteiger partial charge in [0.1, 0.15) is 5.25 Å². The van der Waals surface area contributed by atoms with E-state index in [9.17, 15) is 4.79 Å². The lowest BCUT2D eigenvalue weighted by Gasteiger charge is -2.16. The van der Waals surface area contributed by atoms with E-state index in [1.165, 1.54) is 11.8 Å². The molecule has 1 atom stereocenters. The van der Waals surface area contributed by atoms with E-state index in [-0.39, 0.29) is 11.2 Å². The van der Waals surface area contributed by atoms with Crippen LogP contribution < -0.4 is 5.32 Å². The third-order valence-electron chi connectivity index (χ3n) is 4.71. The topological polar surface area (TPSA) is 59.8 Å². The minimum absolute atomic E-state index is 0.0362. The summed E-state index contributed by atoms with van der Waals surface area (Å²) >= 11 is 1.44. The van der Waals surface area contributed by atoms with Gasteiger partial charge in [-0.05, 0) is 30.9 Å². The number of carbonyl (C=O) groups is 1. The van der Waals surface area contributed by atoms with Gasteiger partial charge in [0.15, 0.2) is 11.0 Å². The lowest BCUT2D eigenvalue weighted by Crippen LogP contribution is -2.29. The van der Waals surface area contributed by atoms with Crippen LogP contribution in [-0.4, -0.2) is 26.7 Å². The number of nitrogens with zero attached hydrogens (tertiary/aromatic N) is 3. The highest BCUT2D eigenvalue weighted by Crippen LogP contribution is 2.36. The van der Waals surface area contributed by atoms with E-state index in [1.807, 2.05) is 60.1 Å². The largest absolute Gasteiger partial charge is 0.352 e. The minimum atomic E-state index is -0.348. The molecule has 0 aliphatic heterocycles. The molecule has 27 heavy (non-hydrogen) atoms. The van der Waals surface area contributed by atoms with Crippen molar-refractivity contribution in [1.82, 2.24) is 20.1 Å². The van der Waals surface area contributed by atoms with Crippen molar-refractivity contribution in [3.63, 3.8) is 0 Å². The number of carbonyl (C=O) groups excluding carboxylic acids is 1. The van der Waals surface area contributed by atoms with Crippen molar-refractivity contribution < 1.29 is 4.79 Å². The second kappa shape index (κ2) is 7.56. The first-order valence-corrected chi connectivity index (χ1v) is 9.99. The molecule has 2 aromatic carbocycles. The van der Waals surface area contributed by atoms with Gasteiger partial charge in [-0.1, -0.05) is 66.4 Å². The van der Waals surface area contributed by atoms with Crippen LogP contribution in [0, 0.1) is 6.92 Å². The standard InChI is InChI=1S/C21H22N4OS/c1-14-8-6-7-11-17(14)19-23-24-21(25(19)2)27-18(15-9-4-3-5-10-15)20(26)22-16-12-13-16/h3-11,16,18H,12-13H2,1-2H3,(H,22,26). The number of nitrogens with one attached hydrogen (secondary N) is 1. The summed E-state index contributed by atoms with van der Waals surface area (Å²) in [6.07, 6.45) is 2.14. The lowest BCUT2D eigenvalue weighted by atomic mass is 10.1. The molecule has 5 nitrogen and oxygen atoms in total. The van der Waals surface area contributed by atoms with Crippen molar-refractivity contribution in [2.45, 2.75) is 36.2 Å². The van der Waals surface area contributed by atoms with Gasteiger partial charge >= 0.3 is 0 Å². The summed E-state index contributed by atoms with van der Waals surface area (Å²) < 4.78 is 1.97. The molecular weight excluding hydrogens is 356 g/mol. The first kappa shape index (κ1) is 17.8. The Morgan fingerprint density at radius 3 is 2.52 bits per heavy atom. The summed E-state index contributed by atoms with van der Waals surface area (Å²) in [6.45, 7) is 2.06. The van der Waals surface area contributed by atoms with Gasteiger partial charge in [0, 0.05) is 18.7 Å². The van der Waals surface area contributed by atoms with Gasteiger partial charge in [0.25, 0.3) is 0 Å². The molecule has 1 aliphatic carbocycles. The fourth-order valence-electron chi connectivity index (χ4n) is 2.99. The van der Waals surface area contributed by atoms with Crippen molar-refractivity contribution >= 4 is 17.7 Å². The zero-order valence-corrected chi connectivity index (χ0v) is 16.2. The Morgan fingerprint density at radius 1 is 1.11 bits per heavy atom.